The summed E-state index contributed by atoms with van der Waals surface area (Å²) in [6, 6.07) is 7.49. The fraction of sp³-hybridized carbons (Fsp3) is 0.577. The highest BCUT2D eigenvalue weighted by atomic mass is 16.5. The van der Waals surface area contributed by atoms with Crippen LogP contribution in [-0.2, 0) is 9.53 Å². The van der Waals surface area contributed by atoms with Gasteiger partial charge in [0.15, 0.2) is 0 Å². The molecule has 2 amide bonds. The molecule has 33 heavy (non-hydrogen) atoms. The topological polar surface area (TPSA) is 93.5 Å². The number of nitrogens with zero attached hydrogens (tertiary/aromatic N) is 1. The first-order chi connectivity index (χ1) is 16.1. The van der Waals surface area contributed by atoms with Gasteiger partial charge in [0.2, 0.25) is 5.91 Å². The molecule has 0 bridgehead atoms. The molecule has 7 nitrogen and oxygen atoms in total. The lowest BCUT2D eigenvalue weighted by molar-refractivity contribution is -0.119. The van der Waals surface area contributed by atoms with E-state index in [4.69, 9.17) is 9.26 Å². The van der Waals surface area contributed by atoms with E-state index in [9.17, 15) is 9.59 Å². The van der Waals surface area contributed by atoms with Crippen LogP contribution in [0.2, 0.25) is 0 Å². The summed E-state index contributed by atoms with van der Waals surface area (Å²) < 4.78 is 10.4. The first-order valence-electron chi connectivity index (χ1n) is 12.3. The van der Waals surface area contributed by atoms with E-state index in [2.05, 4.69) is 27.9 Å². The SMILES string of the molecule is Cc1nocc1C(=O)NC(C(=O)Nc1cccc(C2CCOCC2)c1)C1CCCCCCC1. The molecule has 2 aliphatic rings. The molecule has 2 fully saturated rings. The predicted octanol–water partition coefficient (Wildman–Crippen LogP) is 4.97. The number of anilines is 1. The number of aromatic nitrogens is 1. The molecule has 1 saturated heterocycles. The molecule has 1 unspecified atom stereocenters. The van der Waals surface area contributed by atoms with E-state index in [1.54, 1.807) is 6.92 Å². The monoisotopic (exact) mass is 453 g/mol. The minimum Gasteiger partial charge on any atom is -0.381 e. The number of carbonyl (C=O) groups excluding carboxylic acids is 2. The first kappa shape index (κ1) is 23.5. The van der Waals surface area contributed by atoms with Crippen LogP contribution in [-0.4, -0.2) is 36.2 Å². The van der Waals surface area contributed by atoms with Crippen molar-refractivity contribution in [2.45, 2.75) is 76.7 Å². The molecule has 2 heterocycles. The quantitative estimate of drug-likeness (QED) is 0.644. The summed E-state index contributed by atoms with van der Waals surface area (Å²) in [5.74, 6) is 0.0837. The summed E-state index contributed by atoms with van der Waals surface area (Å²) in [7, 11) is 0. The Hall–Kier alpha value is -2.67. The average molecular weight is 454 g/mol. The number of benzene rings is 1. The van der Waals surface area contributed by atoms with Crippen molar-refractivity contribution in [3.8, 4) is 0 Å². The molecule has 1 atom stereocenters. The van der Waals surface area contributed by atoms with Gasteiger partial charge in [-0.15, -0.1) is 0 Å². The van der Waals surface area contributed by atoms with Crippen molar-refractivity contribution < 1.29 is 18.8 Å². The third-order valence-corrected chi connectivity index (χ3v) is 7.03. The zero-order valence-electron chi connectivity index (χ0n) is 19.5. The third-order valence-electron chi connectivity index (χ3n) is 7.03. The van der Waals surface area contributed by atoms with Crippen LogP contribution in [0.3, 0.4) is 0 Å². The van der Waals surface area contributed by atoms with Gasteiger partial charge in [-0.05, 0) is 62.1 Å². The van der Waals surface area contributed by atoms with Gasteiger partial charge in [0.05, 0.1) is 5.69 Å². The number of amides is 2. The summed E-state index contributed by atoms with van der Waals surface area (Å²) in [4.78, 5) is 26.5. The van der Waals surface area contributed by atoms with Crippen LogP contribution >= 0.6 is 0 Å². The van der Waals surface area contributed by atoms with Gasteiger partial charge < -0.3 is 19.9 Å². The Kier molecular flexibility index (Phi) is 8.15. The second-order valence-corrected chi connectivity index (χ2v) is 9.37. The van der Waals surface area contributed by atoms with Gasteiger partial charge in [0.25, 0.3) is 5.91 Å². The maximum Gasteiger partial charge on any atom is 0.257 e. The summed E-state index contributed by atoms with van der Waals surface area (Å²) in [6.07, 6.45) is 11.0. The highest BCUT2D eigenvalue weighted by molar-refractivity contribution is 6.01. The molecule has 2 aromatic rings. The Morgan fingerprint density at radius 2 is 1.76 bits per heavy atom. The van der Waals surface area contributed by atoms with Crippen molar-refractivity contribution in [1.29, 1.82) is 0 Å². The molecule has 1 aliphatic carbocycles. The zero-order valence-corrected chi connectivity index (χ0v) is 19.5. The number of aryl methyl sites for hydroxylation is 1. The number of ether oxygens (including phenoxy) is 1. The van der Waals surface area contributed by atoms with Gasteiger partial charge in [-0.3, -0.25) is 9.59 Å². The van der Waals surface area contributed by atoms with E-state index in [-0.39, 0.29) is 17.7 Å². The van der Waals surface area contributed by atoms with Crippen LogP contribution < -0.4 is 10.6 Å². The Balaban J connectivity index is 1.51. The van der Waals surface area contributed by atoms with Crippen molar-refractivity contribution in [1.82, 2.24) is 10.5 Å². The van der Waals surface area contributed by atoms with E-state index < -0.39 is 6.04 Å². The van der Waals surface area contributed by atoms with Crippen LogP contribution in [0, 0.1) is 12.8 Å². The first-order valence-corrected chi connectivity index (χ1v) is 12.3. The minimum absolute atomic E-state index is 0.105. The van der Waals surface area contributed by atoms with Crippen molar-refractivity contribution in [2.24, 2.45) is 5.92 Å². The smallest absolute Gasteiger partial charge is 0.257 e. The average Bonchev–Trinajstić information content (AvgIpc) is 3.24. The lowest BCUT2D eigenvalue weighted by atomic mass is 9.85. The van der Waals surface area contributed by atoms with Crippen molar-refractivity contribution in [3.63, 3.8) is 0 Å². The lowest BCUT2D eigenvalue weighted by Gasteiger charge is -2.29. The molecule has 1 aromatic heterocycles. The number of carbonyl (C=O) groups is 2. The van der Waals surface area contributed by atoms with Crippen LogP contribution in [0.25, 0.3) is 0 Å². The summed E-state index contributed by atoms with van der Waals surface area (Å²) in [6.45, 7) is 3.28. The maximum atomic E-state index is 13.5. The molecule has 0 radical (unpaired) electrons. The molecule has 7 heteroatoms. The van der Waals surface area contributed by atoms with Crippen LogP contribution in [0.1, 0.15) is 85.3 Å². The number of hydrogen-bond donors (Lipinski definition) is 2. The van der Waals surface area contributed by atoms with Crippen LogP contribution in [0.5, 0.6) is 0 Å². The predicted molar refractivity (Wildman–Crippen MR) is 126 cm³/mol. The molecule has 0 spiro atoms. The summed E-state index contributed by atoms with van der Waals surface area (Å²) in [5, 5.41) is 9.91. The fourth-order valence-corrected chi connectivity index (χ4v) is 5.07. The Bertz CT molecular complexity index is 927. The van der Waals surface area contributed by atoms with Gasteiger partial charge in [-0.1, -0.05) is 49.4 Å². The largest absolute Gasteiger partial charge is 0.381 e. The fourth-order valence-electron chi connectivity index (χ4n) is 5.07. The van der Waals surface area contributed by atoms with E-state index in [1.165, 1.54) is 31.1 Å². The standard InChI is InChI=1S/C26H35N3O4/c1-18-23(17-33-29-18)25(30)28-24(20-8-5-3-2-4-6-9-20)26(31)27-22-11-7-10-21(16-22)19-12-14-32-15-13-19/h7,10-11,16-17,19-20,24H,2-6,8-9,12-15H2,1H3,(H,27,31)(H,28,30). The molecule has 2 N–H and O–H groups in total. The zero-order chi connectivity index (χ0) is 23.0. The minimum atomic E-state index is -0.600. The van der Waals surface area contributed by atoms with Crippen molar-refractivity contribution in [3.05, 3.63) is 47.3 Å². The molecule has 1 aromatic carbocycles. The van der Waals surface area contributed by atoms with E-state index in [0.29, 0.717) is 17.2 Å². The molecule has 1 aliphatic heterocycles. The van der Waals surface area contributed by atoms with Gasteiger partial charge >= 0.3 is 0 Å². The van der Waals surface area contributed by atoms with Gasteiger partial charge in [0, 0.05) is 18.9 Å². The highest BCUT2D eigenvalue weighted by Gasteiger charge is 2.31. The second kappa shape index (κ2) is 11.5. The Morgan fingerprint density at radius 1 is 1.03 bits per heavy atom. The van der Waals surface area contributed by atoms with Gasteiger partial charge in [0.1, 0.15) is 17.9 Å². The van der Waals surface area contributed by atoms with Crippen molar-refractivity contribution >= 4 is 17.5 Å². The summed E-state index contributed by atoms with van der Waals surface area (Å²) >= 11 is 0. The molecule has 1 saturated carbocycles. The van der Waals surface area contributed by atoms with E-state index in [1.807, 2.05) is 12.1 Å². The molecule has 178 valence electrons. The van der Waals surface area contributed by atoms with Crippen LogP contribution in [0.15, 0.2) is 35.1 Å². The van der Waals surface area contributed by atoms with E-state index in [0.717, 1.165) is 57.4 Å². The third kappa shape index (κ3) is 6.22. The highest BCUT2D eigenvalue weighted by Crippen LogP contribution is 2.29. The number of hydrogen-bond acceptors (Lipinski definition) is 5. The number of rotatable bonds is 6. The maximum absolute atomic E-state index is 13.5. The summed E-state index contributed by atoms with van der Waals surface area (Å²) in [5.41, 5.74) is 2.90. The van der Waals surface area contributed by atoms with E-state index >= 15 is 0 Å². The van der Waals surface area contributed by atoms with Crippen molar-refractivity contribution in [2.75, 3.05) is 18.5 Å². The van der Waals surface area contributed by atoms with Crippen LogP contribution in [0.4, 0.5) is 5.69 Å². The van der Waals surface area contributed by atoms with Gasteiger partial charge in [-0.2, -0.15) is 0 Å². The molecular formula is C26H35N3O4. The van der Waals surface area contributed by atoms with Gasteiger partial charge in [-0.25, -0.2) is 0 Å². The molecular weight excluding hydrogens is 418 g/mol. The lowest BCUT2D eigenvalue weighted by Crippen LogP contribution is -2.48. The second-order valence-electron chi connectivity index (χ2n) is 9.37. The Morgan fingerprint density at radius 3 is 2.45 bits per heavy atom. The Labute approximate surface area is 195 Å². The molecule has 4 rings (SSSR count). The number of nitrogens with one attached hydrogen (secondary N) is 2. The normalized spacial score (nSPS) is 19.3.